The molecule has 0 aliphatic carbocycles. The number of aliphatic hydroxyl groups is 2. The van der Waals surface area contributed by atoms with Crippen molar-refractivity contribution in [2.45, 2.75) is 39.6 Å². The summed E-state index contributed by atoms with van der Waals surface area (Å²) in [5.41, 5.74) is 9.21. The molecule has 0 saturated carbocycles. The molecule has 1 aromatic carbocycles. The Balaban J connectivity index is 0.00000106. The van der Waals surface area contributed by atoms with E-state index in [2.05, 4.69) is 14.7 Å². The molecule has 0 unspecified atom stereocenters. The van der Waals surface area contributed by atoms with E-state index < -0.39 is 11.9 Å². The molecule has 0 spiro atoms. The fourth-order valence-electron chi connectivity index (χ4n) is 3.66. The summed E-state index contributed by atoms with van der Waals surface area (Å²) in [4.78, 5) is 17.8. The Morgan fingerprint density at radius 1 is 0.900 bits per heavy atom. The van der Waals surface area contributed by atoms with Crippen molar-refractivity contribution >= 4 is 28.6 Å². The number of imidazole rings is 1. The number of ether oxygens (including phenoxy) is 1. The molecule has 4 N–H and O–H groups in total. The minimum absolute atomic E-state index is 0.0718. The summed E-state index contributed by atoms with van der Waals surface area (Å²) in [5.74, 6) is 0.636. The van der Waals surface area contributed by atoms with E-state index in [-0.39, 0.29) is 17.1 Å². The largest absolute Gasteiger partial charge is 0.433 e. The van der Waals surface area contributed by atoms with Crippen molar-refractivity contribution in [3.05, 3.63) is 78.6 Å². The first-order valence-electron chi connectivity index (χ1n) is 12.5. The van der Waals surface area contributed by atoms with Gasteiger partial charge in [-0.2, -0.15) is 8.78 Å². The third kappa shape index (κ3) is 6.68. The van der Waals surface area contributed by atoms with Gasteiger partial charge in [-0.3, -0.25) is 9.55 Å². The average molecular weight is 571 g/mol. The Hall–Kier alpha value is -4.19. The third-order valence-corrected chi connectivity index (χ3v) is 5.52. The molecule has 0 aliphatic rings. The van der Waals surface area contributed by atoms with Crippen LogP contribution in [0.15, 0.2) is 73.1 Å². The van der Waals surface area contributed by atoms with Crippen LogP contribution < -0.4 is 10.5 Å². The van der Waals surface area contributed by atoms with Crippen LogP contribution in [0.1, 0.15) is 33.3 Å². The zero-order valence-electron chi connectivity index (χ0n) is 22.3. The van der Waals surface area contributed by atoms with Crippen molar-refractivity contribution in [3.8, 4) is 34.2 Å². The summed E-state index contributed by atoms with van der Waals surface area (Å²) in [6.07, 6.45) is 2.75. The SMILES string of the molecule is CC.CC.Nc1ncccc1-c1nc2ccc(-c3ccc(OC(F)F)cn3)nc2n1-c1ccc(C(O)(O)Cl)cc1. The van der Waals surface area contributed by atoms with Gasteiger partial charge in [-0.05, 0) is 48.5 Å². The number of rotatable bonds is 6. The minimum Gasteiger partial charge on any atom is -0.433 e. The second-order valence-electron chi connectivity index (χ2n) is 7.64. The highest BCUT2D eigenvalue weighted by Crippen LogP contribution is 2.32. The van der Waals surface area contributed by atoms with Gasteiger partial charge >= 0.3 is 6.61 Å². The van der Waals surface area contributed by atoms with E-state index in [9.17, 15) is 19.0 Å². The van der Waals surface area contributed by atoms with Crippen molar-refractivity contribution < 1.29 is 23.7 Å². The summed E-state index contributed by atoms with van der Waals surface area (Å²) in [6, 6.07) is 16.0. The van der Waals surface area contributed by atoms with Gasteiger partial charge in [0.1, 0.15) is 17.1 Å². The first-order chi connectivity index (χ1) is 19.2. The first-order valence-corrected chi connectivity index (χ1v) is 12.8. The number of benzene rings is 1. The number of hydrogen-bond acceptors (Lipinski definition) is 8. The average Bonchev–Trinajstić information content (AvgIpc) is 3.34. The number of hydrogen-bond donors (Lipinski definition) is 3. The second-order valence-corrected chi connectivity index (χ2v) is 8.16. The summed E-state index contributed by atoms with van der Waals surface area (Å²) in [5, 5.41) is 16.9. The van der Waals surface area contributed by atoms with Crippen LogP contribution in [-0.2, 0) is 5.25 Å². The zero-order valence-corrected chi connectivity index (χ0v) is 23.0. The van der Waals surface area contributed by atoms with Gasteiger partial charge in [0, 0.05) is 17.4 Å². The molecule has 5 rings (SSSR count). The fourth-order valence-corrected chi connectivity index (χ4v) is 3.78. The van der Waals surface area contributed by atoms with Crippen molar-refractivity contribution in [2.75, 3.05) is 5.73 Å². The number of fused-ring (bicyclic) bond motifs is 1. The summed E-state index contributed by atoms with van der Waals surface area (Å²) in [7, 11) is 0. The lowest BCUT2D eigenvalue weighted by Gasteiger charge is -2.15. The van der Waals surface area contributed by atoms with Crippen molar-refractivity contribution in [3.63, 3.8) is 0 Å². The van der Waals surface area contributed by atoms with Crippen LogP contribution in [0.4, 0.5) is 14.6 Å². The number of aromatic nitrogens is 5. The topological polar surface area (TPSA) is 132 Å². The summed E-state index contributed by atoms with van der Waals surface area (Å²) >= 11 is 5.60. The smallest absolute Gasteiger partial charge is 0.387 e. The van der Waals surface area contributed by atoms with E-state index in [0.717, 1.165) is 0 Å². The van der Waals surface area contributed by atoms with Gasteiger partial charge in [0.2, 0.25) is 0 Å². The molecule has 0 atom stereocenters. The number of nitrogen functional groups attached to an aromatic ring is 1. The van der Waals surface area contributed by atoms with Gasteiger partial charge in [-0.15, -0.1) is 0 Å². The molecule has 4 heterocycles. The highest BCUT2D eigenvalue weighted by atomic mass is 35.5. The van der Waals surface area contributed by atoms with Crippen LogP contribution in [0.25, 0.3) is 39.6 Å². The van der Waals surface area contributed by atoms with E-state index in [4.69, 9.17) is 27.3 Å². The highest BCUT2D eigenvalue weighted by Gasteiger charge is 2.23. The third-order valence-electron chi connectivity index (χ3n) is 5.30. The molecule has 40 heavy (non-hydrogen) atoms. The number of nitrogens with zero attached hydrogens (tertiary/aromatic N) is 5. The minimum atomic E-state index is -2.95. The molecule has 210 valence electrons. The van der Waals surface area contributed by atoms with Gasteiger partial charge in [-0.25, -0.2) is 15.0 Å². The van der Waals surface area contributed by atoms with Crippen LogP contribution in [0.2, 0.25) is 0 Å². The first kappa shape index (κ1) is 30.4. The number of nitrogens with two attached hydrogens (primary N) is 1. The number of halogens is 3. The van der Waals surface area contributed by atoms with Crippen molar-refractivity contribution in [1.29, 1.82) is 0 Å². The molecule has 0 saturated heterocycles. The van der Waals surface area contributed by atoms with E-state index in [1.165, 1.54) is 30.5 Å². The molecule has 4 aromatic heterocycles. The Labute approximate surface area is 234 Å². The Morgan fingerprint density at radius 2 is 1.57 bits per heavy atom. The van der Waals surface area contributed by atoms with Crippen LogP contribution in [0, 0.1) is 0 Å². The van der Waals surface area contributed by atoms with E-state index >= 15 is 0 Å². The Morgan fingerprint density at radius 3 is 2.15 bits per heavy atom. The molecule has 0 bridgehead atoms. The molecular formula is C28H29ClF2N6O3. The van der Waals surface area contributed by atoms with Gasteiger partial charge in [-0.1, -0.05) is 51.4 Å². The van der Waals surface area contributed by atoms with Gasteiger partial charge < -0.3 is 20.7 Å². The van der Waals surface area contributed by atoms with Gasteiger partial charge in [0.15, 0.2) is 11.5 Å². The zero-order chi connectivity index (χ0) is 29.4. The van der Waals surface area contributed by atoms with Crippen LogP contribution in [0.5, 0.6) is 5.75 Å². The van der Waals surface area contributed by atoms with Crippen LogP contribution in [-0.4, -0.2) is 41.3 Å². The van der Waals surface area contributed by atoms with Crippen LogP contribution in [0.3, 0.4) is 0 Å². The predicted molar refractivity (Wildman–Crippen MR) is 151 cm³/mol. The van der Waals surface area contributed by atoms with Crippen LogP contribution >= 0.6 is 11.6 Å². The van der Waals surface area contributed by atoms with Crippen molar-refractivity contribution in [1.82, 2.24) is 24.5 Å². The lowest BCUT2D eigenvalue weighted by atomic mass is 10.2. The quantitative estimate of drug-likeness (QED) is 0.164. The molecule has 5 aromatic rings. The molecule has 0 amide bonds. The molecule has 0 radical (unpaired) electrons. The maximum atomic E-state index is 12.5. The lowest BCUT2D eigenvalue weighted by Crippen LogP contribution is -2.16. The number of pyridine rings is 3. The summed E-state index contributed by atoms with van der Waals surface area (Å²) < 4.78 is 31.0. The molecule has 9 nitrogen and oxygen atoms in total. The molecule has 0 aliphatic heterocycles. The molecule has 12 heteroatoms. The fraction of sp³-hybridized carbons (Fsp3) is 0.214. The van der Waals surface area contributed by atoms with Gasteiger partial charge in [0.05, 0.1) is 23.1 Å². The van der Waals surface area contributed by atoms with Crippen molar-refractivity contribution in [2.24, 2.45) is 0 Å². The number of alkyl halides is 3. The maximum Gasteiger partial charge on any atom is 0.387 e. The van der Waals surface area contributed by atoms with E-state index in [1.807, 2.05) is 27.7 Å². The monoisotopic (exact) mass is 570 g/mol. The van der Waals surface area contributed by atoms with Gasteiger partial charge in [0.25, 0.3) is 5.25 Å². The highest BCUT2D eigenvalue weighted by molar-refractivity contribution is 6.21. The molecule has 0 fully saturated rings. The Kier molecular flexibility index (Phi) is 10.1. The lowest BCUT2D eigenvalue weighted by molar-refractivity contribution is -0.0902. The summed E-state index contributed by atoms with van der Waals surface area (Å²) in [6.45, 7) is 5.05. The second kappa shape index (κ2) is 13.2. The Bertz CT molecular complexity index is 1540. The maximum absolute atomic E-state index is 12.5. The number of anilines is 1. The van der Waals surface area contributed by atoms with E-state index in [0.29, 0.717) is 39.6 Å². The van der Waals surface area contributed by atoms with E-state index in [1.54, 1.807) is 47.2 Å². The normalized spacial score (nSPS) is 10.9. The standard InChI is InChI=1S/C24H17ClF2N6O3.2C2H6/c25-24(34,35)13-3-5-14(6-4-13)33-21(16-2-1-11-29-20(16)28)32-19-10-9-18(31-22(19)33)17-8-7-15(12-30-17)36-23(26)27;2*1-2/h1-12,23,34-35H,(H2,28,29);2*1-2H3. The predicted octanol–water partition coefficient (Wildman–Crippen LogP) is 6.11. The molecular weight excluding hydrogens is 542 g/mol.